The number of nitrogens with zero attached hydrogens (tertiary/aromatic N) is 1. The van der Waals surface area contributed by atoms with Crippen molar-refractivity contribution in [2.75, 3.05) is 0 Å². The molecule has 4 nitrogen and oxygen atoms in total. The van der Waals surface area contributed by atoms with E-state index >= 15 is 0 Å². The van der Waals surface area contributed by atoms with Crippen LogP contribution in [0.2, 0.25) is 0 Å². The minimum atomic E-state index is -1.12. The third-order valence-corrected chi connectivity index (χ3v) is 7.14. The van der Waals surface area contributed by atoms with Gasteiger partial charge in [-0.3, -0.25) is 14.5 Å². The summed E-state index contributed by atoms with van der Waals surface area (Å²) in [5, 5.41) is 0. The largest absolute Gasteiger partial charge is 0.302 e. The lowest BCUT2D eigenvalue weighted by Gasteiger charge is -2.51. The van der Waals surface area contributed by atoms with E-state index in [-0.39, 0.29) is 24.3 Å². The summed E-state index contributed by atoms with van der Waals surface area (Å²) in [6, 6.07) is 25.1. The average Bonchev–Trinajstić information content (AvgIpc) is 3.05. The SMILES string of the molecule is O=CC12c3ccccc3C(c3ccccc31)[C@@H]1C(=O)N(Cc3ccccc3)C(=O)[C@H]12. The molecule has 2 atom stereocenters. The zero-order chi connectivity index (χ0) is 20.5. The minimum Gasteiger partial charge on any atom is -0.302 e. The second-order valence-electron chi connectivity index (χ2n) is 8.39. The molecule has 30 heavy (non-hydrogen) atoms. The highest BCUT2D eigenvalue weighted by Crippen LogP contribution is 2.63. The summed E-state index contributed by atoms with van der Waals surface area (Å²) in [7, 11) is 0. The van der Waals surface area contributed by atoms with Gasteiger partial charge in [-0.2, -0.15) is 0 Å². The van der Waals surface area contributed by atoms with Gasteiger partial charge >= 0.3 is 0 Å². The van der Waals surface area contributed by atoms with Crippen molar-refractivity contribution in [1.29, 1.82) is 0 Å². The lowest BCUT2D eigenvalue weighted by molar-refractivity contribution is -0.141. The number of benzene rings is 3. The maximum absolute atomic E-state index is 13.7. The van der Waals surface area contributed by atoms with Crippen LogP contribution >= 0.6 is 0 Å². The van der Waals surface area contributed by atoms with Gasteiger partial charge in [0, 0.05) is 5.92 Å². The number of imide groups is 1. The van der Waals surface area contributed by atoms with Crippen molar-refractivity contribution in [3.63, 3.8) is 0 Å². The first-order chi connectivity index (χ1) is 14.7. The molecule has 0 spiro atoms. The van der Waals surface area contributed by atoms with Crippen molar-refractivity contribution in [3.05, 3.63) is 107 Å². The molecule has 1 saturated heterocycles. The molecule has 1 aliphatic heterocycles. The van der Waals surface area contributed by atoms with E-state index in [0.717, 1.165) is 34.1 Å². The van der Waals surface area contributed by atoms with Gasteiger partial charge in [-0.1, -0.05) is 78.9 Å². The Bertz CT molecular complexity index is 1170. The molecular weight excluding hydrogens is 374 g/mol. The molecule has 3 aromatic rings. The molecule has 4 aliphatic rings. The predicted molar refractivity (Wildman–Crippen MR) is 111 cm³/mol. The summed E-state index contributed by atoms with van der Waals surface area (Å²) in [6.07, 6.45) is 0.912. The maximum Gasteiger partial charge on any atom is 0.235 e. The highest BCUT2D eigenvalue weighted by atomic mass is 16.2. The second-order valence-corrected chi connectivity index (χ2v) is 8.39. The Morgan fingerprint density at radius 2 is 1.33 bits per heavy atom. The van der Waals surface area contributed by atoms with Gasteiger partial charge in [0.25, 0.3) is 0 Å². The number of aldehydes is 1. The number of amides is 2. The molecule has 146 valence electrons. The van der Waals surface area contributed by atoms with Gasteiger partial charge in [0.2, 0.25) is 11.8 Å². The monoisotopic (exact) mass is 393 g/mol. The van der Waals surface area contributed by atoms with Crippen LogP contribution in [-0.4, -0.2) is 23.0 Å². The van der Waals surface area contributed by atoms with Crippen molar-refractivity contribution < 1.29 is 14.4 Å². The Balaban J connectivity index is 1.58. The van der Waals surface area contributed by atoms with Crippen LogP contribution in [-0.2, 0) is 26.3 Å². The summed E-state index contributed by atoms with van der Waals surface area (Å²) >= 11 is 0. The number of hydrogen-bond acceptors (Lipinski definition) is 3. The van der Waals surface area contributed by atoms with Crippen molar-refractivity contribution in [2.24, 2.45) is 11.8 Å². The van der Waals surface area contributed by atoms with E-state index in [0.29, 0.717) is 0 Å². The summed E-state index contributed by atoms with van der Waals surface area (Å²) in [6.45, 7) is 0.236. The Morgan fingerprint density at radius 3 is 1.93 bits per heavy atom. The molecule has 4 heteroatoms. The Labute approximate surface area is 174 Å². The van der Waals surface area contributed by atoms with E-state index in [9.17, 15) is 14.4 Å². The minimum absolute atomic E-state index is 0.172. The molecule has 1 heterocycles. The first kappa shape index (κ1) is 17.3. The molecule has 0 aromatic heterocycles. The number of rotatable bonds is 3. The van der Waals surface area contributed by atoms with Gasteiger partial charge < -0.3 is 4.79 Å². The molecule has 2 bridgehead atoms. The fourth-order valence-corrected chi connectivity index (χ4v) is 6.01. The molecule has 2 amide bonds. The van der Waals surface area contributed by atoms with E-state index in [4.69, 9.17) is 0 Å². The molecule has 3 aromatic carbocycles. The topological polar surface area (TPSA) is 54.5 Å². The van der Waals surface area contributed by atoms with E-state index < -0.39 is 17.3 Å². The first-order valence-electron chi connectivity index (χ1n) is 10.2. The summed E-state index contributed by atoms with van der Waals surface area (Å²) < 4.78 is 0. The zero-order valence-corrected chi connectivity index (χ0v) is 16.2. The van der Waals surface area contributed by atoms with Crippen molar-refractivity contribution >= 4 is 18.1 Å². The number of carbonyl (C=O) groups excluding carboxylic acids is 3. The van der Waals surface area contributed by atoms with E-state index in [1.165, 1.54) is 4.90 Å². The predicted octanol–water partition coefficient (Wildman–Crippen LogP) is 3.43. The molecule has 0 unspecified atom stereocenters. The van der Waals surface area contributed by atoms with Gasteiger partial charge in [0.15, 0.2) is 0 Å². The summed E-state index contributed by atoms with van der Waals surface area (Å²) in [5.74, 6) is -1.86. The quantitative estimate of drug-likeness (QED) is 0.506. The van der Waals surface area contributed by atoms with Crippen molar-refractivity contribution in [1.82, 2.24) is 4.90 Å². The van der Waals surface area contributed by atoms with Crippen LogP contribution in [0.3, 0.4) is 0 Å². The molecular formula is C26H19NO3. The van der Waals surface area contributed by atoms with Gasteiger partial charge in [-0.25, -0.2) is 0 Å². The number of hydrogen-bond donors (Lipinski definition) is 0. The summed E-state index contributed by atoms with van der Waals surface area (Å²) in [5.41, 5.74) is 3.50. The Morgan fingerprint density at radius 1 is 0.767 bits per heavy atom. The Kier molecular flexibility index (Phi) is 3.46. The van der Waals surface area contributed by atoms with Crippen molar-refractivity contribution in [3.8, 4) is 0 Å². The third kappa shape index (κ3) is 1.93. The van der Waals surface area contributed by atoms with Crippen molar-refractivity contribution in [2.45, 2.75) is 17.9 Å². The smallest absolute Gasteiger partial charge is 0.235 e. The molecule has 1 fully saturated rings. The summed E-state index contributed by atoms with van der Waals surface area (Å²) in [4.78, 5) is 41.5. The van der Waals surface area contributed by atoms with E-state index in [1.807, 2.05) is 78.9 Å². The van der Waals surface area contributed by atoms with Crippen LogP contribution in [0.15, 0.2) is 78.9 Å². The normalized spacial score (nSPS) is 28.1. The van der Waals surface area contributed by atoms with Crippen LogP contribution in [0.5, 0.6) is 0 Å². The number of carbonyl (C=O) groups is 3. The zero-order valence-electron chi connectivity index (χ0n) is 16.2. The van der Waals surface area contributed by atoms with E-state index in [2.05, 4.69) is 0 Å². The van der Waals surface area contributed by atoms with Crippen LogP contribution in [0.1, 0.15) is 33.7 Å². The highest BCUT2D eigenvalue weighted by molar-refractivity contribution is 6.10. The molecule has 3 aliphatic carbocycles. The lowest BCUT2D eigenvalue weighted by atomic mass is 9.48. The second kappa shape index (κ2) is 5.99. The highest BCUT2D eigenvalue weighted by Gasteiger charge is 2.68. The molecule has 7 rings (SSSR count). The third-order valence-electron chi connectivity index (χ3n) is 7.14. The fraction of sp³-hybridized carbons (Fsp3) is 0.192. The molecule has 0 N–H and O–H groups in total. The van der Waals surface area contributed by atoms with Gasteiger partial charge in [-0.15, -0.1) is 0 Å². The maximum atomic E-state index is 13.7. The van der Waals surface area contributed by atoms with Crippen LogP contribution in [0, 0.1) is 11.8 Å². The van der Waals surface area contributed by atoms with Crippen LogP contribution < -0.4 is 0 Å². The Hall–Kier alpha value is -3.53. The average molecular weight is 393 g/mol. The standard InChI is InChI=1S/C26H19NO3/c28-15-26-19-12-6-4-10-17(19)21(18-11-5-7-13-20(18)26)22-23(26)25(30)27(24(22)29)14-16-8-2-1-3-9-16/h1-13,15,21-23H,14H2/t21?,22-,23-,26?/m0/s1. The lowest BCUT2D eigenvalue weighted by Crippen LogP contribution is -2.54. The van der Waals surface area contributed by atoms with Crippen LogP contribution in [0.25, 0.3) is 0 Å². The van der Waals surface area contributed by atoms with Crippen LogP contribution in [0.4, 0.5) is 0 Å². The first-order valence-corrected chi connectivity index (χ1v) is 10.2. The van der Waals surface area contributed by atoms with Gasteiger partial charge in [-0.05, 0) is 27.8 Å². The van der Waals surface area contributed by atoms with Gasteiger partial charge in [0.1, 0.15) is 6.29 Å². The van der Waals surface area contributed by atoms with Gasteiger partial charge in [0.05, 0.1) is 23.8 Å². The number of likely N-dealkylation sites (tertiary alicyclic amines) is 1. The molecule has 0 radical (unpaired) electrons. The molecule has 0 saturated carbocycles. The van der Waals surface area contributed by atoms with E-state index in [1.54, 1.807) is 0 Å². The fourth-order valence-electron chi connectivity index (χ4n) is 6.01.